The molecule has 0 amide bonds. The summed E-state index contributed by atoms with van der Waals surface area (Å²) in [6, 6.07) is 3.40. The Hall–Kier alpha value is -1.13. The Morgan fingerprint density at radius 2 is 2.53 bits per heavy atom. The van der Waals surface area contributed by atoms with E-state index in [0.717, 1.165) is 19.5 Å². The van der Waals surface area contributed by atoms with Gasteiger partial charge in [-0.2, -0.15) is 0 Å². The molecule has 0 aliphatic carbocycles. The summed E-state index contributed by atoms with van der Waals surface area (Å²) in [7, 11) is 0. The first-order valence-corrected chi connectivity index (χ1v) is 5.19. The molecule has 1 fully saturated rings. The van der Waals surface area contributed by atoms with Crippen molar-refractivity contribution in [2.45, 2.75) is 6.42 Å². The fraction of sp³-hybridized carbons (Fsp3) is 0.545. The second-order valence-electron chi connectivity index (χ2n) is 3.97. The van der Waals surface area contributed by atoms with Gasteiger partial charge in [-0.05, 0) is 31.0 Å². The molecule has 2 heterocycles. The molecule has 2 rings (SSSR count). The standard InChI is InChI=1S/C11H15NO3/c13-8-9-3-4-12(6-9)7-10(14)11-2-1-5-15-11/h1-2,5,9,13H,3-4,6-8H2/t9-/m0/s1. The first-order chi connectivity index (χ1) is 7.29. The fourth-order valence-corrected chi connectivity index (χ4v) is 1.92. The molecule has 4 heteroatoms. The molecule has 82 valence electrons. The molecule has 1 atom stereocenters. The molecule has 1 aromatic heterocycles. The van der Waals surface area contributed by atoms with Crippen molar-refractivity contribution in [2.24, 2.45) is 5.92 Å². The van der Waals surface area contributed by atoms with Crippen LogP contribution in [0.3, 0.4) is 0 Å². The first kappa shape index (κ1) is 10.4. The summed E-state index contributed by atoms with van der Waals surface area (Å²) < 4.78 is 5.03. The van der Waals surface area contributed by atoms with Gasteiger partial charge in [0.15, 0.2) is 5.76 Å². The summed E-state index contributed by atoms with van der Waals surface area (Å²) in [6.45, 7) is 2.30. The lowest BCUT2D eigenvalue weighted by Crippen LogP contribution is -2.28. The van der Waals surface area contributed by atoms with Gasteiger partial charge in [-0.25, -0.2) is 0 Å². The number of aliphatic hydroxyl groups is 1. The summed E-state index contributed by atoms with van der Waals surface area (Å²) in [5, 5.41) is 8.97. The third kappa shape index (κ3) is 2.46. The van der Waals surface area contributed by atoms with Crippen LogP contribution in [0.4, 0.5) is 0 Å². The average Bonchev–Trinajstić information content (AvgIpc) is 2.87. The highest BCUT2D eigenvalue weighted by Gasteiger charge is 2.24. The number of Topliss-reactive ketones (excluding diaryl/α,β-unsaturated/α-hetero) is 1. The van der Waals surface area contributed by atoms with Crippen molar-refractivity contribution < 1.29 is 14.3 Å². The highest BCUT2D eigenvalue weighted by molar-refractivity contribution is 5.95. The van der Waals surface area contributed by atoms with Crippen molar-refractivity contribution in [2.75, 3.05) is 26.2 Å². The SMILES string of the molecule is O=C(CN1CC[C@H](CO)C1)c1ccco1. The van der Waals surface area contributed by atoms with Crippen LogP contribution in [0.15, 0.2) is 22.8 Å². The third-order valence-corrected chi connectivity index (χ3v) is 2.79. The number of hydrogen-bond donors (Lipinski definition) is 1. The molecule has 0 bridgehead atoms. The van der Waals surface area contributed by atoms with Crippen LogP contribution >= 0.6 is 0 Å². The number of hydrogen-bond acceptors (Lipinski definition) is 4. The third-order valence-electron chi connectivity index (χ3n) is 2.79. The van der Waals surface area contributed by atoms with E-state index in [9.17, 15) is 4.79 Å². The van der Waals surface area contributed by atoms with E-state index in [-0.39, 0.29) is 12.4 Å². The second-order valence-corrected chi connectivity index (χ2v) is 3.97. The van der Waals surface area contributed by atoms with Crippen LogP contribution in [0.1, 0.15) is 17.0 Å². The van der Waals surface area contributed by atoms with Gasteiger partial charge in [0.25, 0.3) is 0 Å². The molecular formula is C11H15NO3. The molecular weight excluding hydrogens is 194 g/mol. The predicted octanol–water partition coefficient (Wildman–Crippen LogP) is 0.776. The Labute approximate surface area is 88.5 Å². The van der Waals surface area contributed by atoms with E-state index in [0.29, 0.717) is 18.2 Å². The Balaban J connectivity index is 1.86. The van der Waals surface area contributed by atoms with E-state index < -0.39 is 0 Å². The van der Waals surface area contributed by atoms with Crippen LogP contribution in [0.5, 0.6) is 0 Å². The van der Waals surface area contributed by atoms with Gasteiger partial charge in [-0.15, -0.1) is 0 Å². The Morgan fingerprint density at radius 3 is 3.13 bits per heavy atom. The maximum atomic E-state index is 11.7. The van der Waals surface area contributed by atoms with Crippen molar-refractivity contribution in [3.05, 3.63) is 24.2 Å². The lowest BCUT2D eigenvalue weighted by atomic mass is 10.1. The highest BCUT2D eigenvalue weighted by atomic mass is 16.3. The topological polar surface area (TPSA) is 53.7 Å². The molecule has 1 N–H and O–H groups in total. The van der Waals surface area contributed by atoms with Gasteiger partial charge in [0.05, 0.1) is 12.8 Å². The van der Waals surface area contributed by atoms with Crippen LogP contribution in [0.2, 0.25) is 0 Å². The fourth-order valence-electron chi connectivity index (χ4n) is 1.92. The quantitative estimate of drug-likeness (QED) is 0.744. The van der Waals surface area contributed by atoms with Crippen molar-refractivity contribution in [1.82, 2.24) is 4.90 Å². The summed E-state index contributed by atoms with van der Waals surface area (Å²) in [5.41, 5.74) is 0. The molecule has 0 saturated carbocycles. The second kappa shape index (κ2) is 4.59. The normalized spacial score (nSPS) is 22.1. The van der Waals surface area contributed by atoms with Gasteiger partial charge in [-0.1, -0.05) is 0 Å². The Morgan fingerprint density at radius 1 is 1.67 bits per heavy atom. The lowest BCUT2D eigenvalue weighted by Gasteiger charge is -2.13. The summed E-state index contributed by atoms with van der Waals surface area (Å²) >= 11 is 0. The smallest absolute Gasteiger partial charge is 0.211 e. The van der Waals surface area contributed by atoms with Crippen molar-refractivity contribution in [3.8, 4) is 0 Å². The first-order valence-electron chi connectivity index (χ1n) is 5.19. The molecule has 1 aliphatic heterocycles. The monoisotopic (exact) mass is 209 g/mol. The number of rotatable bonds is 4. The van der Waals surface area contributed by atoms with E-state index in [4.69, 9.17) is 9.52 Å². The van der Waals surface area contributed by atoms with Crippen LogP contribution in [0, 0.1) is 5.92 Å². The molecule has 0 aromatic carbocycles. The molecule has 0 unspecified atom stereocenters. The van der Waals surface area contributed by atoms with Crippen LogP contribution in [0.25, 0.3) is 0 Å². The van der Waals surface area contributed by atoms with E-state index in [2.05, 4.69) is 4.90 Å². The largest absolute Gasteiger partial charge is 0.461 e. The number of ketones is 1. The van der Waals surface area contributed by atoms with Crippen LogP contribution in [-0.4, -0.2) is 42.0 Å². The maximum Gasteiger partial charge on any atom is 0.211 e. The zero-order valence-electron chi connectivity index (χ0n) is 8.56. The van der Waals surface area contributed by atoms with Gasteiger partial charge in [0.1, 0.15) is 0 Å². The Kier molecular flexibility index (Phi) is 3.18. The van der Waals surface area contributed by atoms with Gasteiger partial charge in [0.2, 0.25) is 5.78 Å². The number of carbonyl (C=O) groups is 1. The van der Waals surface area contributed by atoms with Gasteiger partial charge in [0, 0.05) is 13.2 Å². The minimum absolute atomic E-state index is 0.0126. The van der Waals surface area contributed by atoms with E-state index >= 15 is 0 Å². The van der Waals surface area contributed by atoms with Crippen molar-refractivity contribution in [3.63, 3.8) is 0 Å². The molecule has 15 heavy (non-hydrogen) atoms. The van der Waals surface area contributed by atoms with Crippen molar-refractivity contribution >= 4 is 5.78 Å². The molecule has 1 aromatic rings. The summed E-state index contributed by atoms with van der Waals surface area (Å²) in [4.78, 5) is 13.7. The number of carbonyl (C=O) groups excluding carboxylic acids is 1. The van der Waals surface area contributed by atoms with E-state index in [1.165, 1.54) is 6.26 Å². The molecule has 0 radical (unpaired) electrons. The summed E-state index contributed by atoms with van der Waals surface area (Å²) in [5.74, 6) is 0.760. The van der Waals surface area contributed by atoms with Crippen LogP contribution < -0.4 is 0 Å². The zero-order valence-corrected chi connectivity index (χ0v) is 8.56. The van der Waals surface area contributed by atoms with Gasteiger partial charge < -0.3 is 9.52 Å². The van der Waals surface area contributed by atoms with E-state index in [1.807, 2.05) is 0 Å². The van der Waals surface area contributed by atoms with Gasteiger partial charge in [-0.3, -0.25) is 9.69 Å². The minimum atomic E-state index is 0.0126. The van der Waals surface area contributed by atoms with Crippen molar-refractivity contribution in [1.29, 1.82) is 0 Å². The average molecular weight is 209 g/mol. The number of aliphatic hydroxyl groups excluding tert-OH is 1. The predicted molar refractivity (Wildman–Crippen MR) is 54.7 cm³/mol. The number of nitrogens with zero attached hydrogens (tertiary/aromatic N) is 1. The van der Waals surface area contributed by atoms with Crippen LogP contribution in [-0.2, 0) is 0 Å². The van der Waals surface area contributed by atoms with E-state index in [1.54, 1.807) is 12.1 Å². The molecule has 4 nitrogen and oxygen atoms in total. The number of likely N-dealkylation sites (tertiary alicyclic amines) is 1. The Bertz CT molecular complexity index is 321. The number of furan rings is 1. The molecule has 0 spiro atoms. The minimum Gasteiger partial charge on any atom is -0.461 e. The lowest BCUT2D eigenvalue weighted by molar-refractivity contribution is 0.0913. The highest BCUT2D eigenvalue weighted by Crippen LogP contribution is 2.15. The summed E-state index contributed by atoms with van der Waals surface area (Å²) in [6.07, 6.45) is 2.48. The maximum absolute atomic E-state index is 11.7. The molecule has 1 aliphatic rings. The van der Waals surface area contributed by atoms with Gasteiger partial charge >= 0.3 is 0 Å². The molecule has 1 saturated heterocycles. The zero-order chi connectivity index (χ0) is 10.7.